The average molecular weight is 1350 g/mol. The van der Waals surface area contributed by atoms with Crippen LogP contribution < -0.4 is 10.2 Å². The third-order valence-corrected chi connectivity index (χ3v) is 19.5. The Balaban J connectivity index is 0.616. The maximum absolute atomic E-state index is 14.2. The van der Waals surface area contributed by atoms with Gasteiger partial charge in [0.1, 0.15) is 24.8 Å². The fourth-order valence-electron chi connectivity index (χ4n) is 13.8. The summed E-state index contributed by atoms with van der Waals surface area (Å²) in [6, 6.07) is 38.7. The number of carbonyl (C=O) groups excluding carboxylic acids is 4. The predicted octanol–water partition coefficient (Wildman–Crippen LogP) is 11.8. The van der Waals surface area contributed by atoms with Crippen molar-refractivity contribution in [2.75, 3.05) is 130 Å². The van der Waals surface area contributed by atoms with Crippen LogP contribution in [-0.4, -0.2) is 196 Å². The van der Waals surface area contributed by atoms with Gasteiger partial charge in [-0.15, -0.1) is 0 Å². The normalized spacial score (nSPS) is 18.2. The van der Waals surface area contributed by atoms with Crippen molar-refractivity contribution in [1.82, 2.24) is 29.4 Å². The number of carbonyl (C=O) groups is 5. The van der Waals surface area contributed by atoms with Crippen molar-refractivity contribution in [1.29, 1.82) is 0 Å². The van der Waals surface area contributed by atoms with E-state index >= 15 is 0 Å². The van der Waals surface area contributed by atoms with Crippen LogP contribution in [0.25, 0.3) is 11.1 Å². The van der Waals surface area contributed by atoms with Gasteiger partial charge in [-0.05, 0) is 141 Å². The molecular weight excluding hydrogens is 1270 g/mol. The van der Waals surface area contributed by atoms with Crippen molar-refractivity contribution in [3.63, 3.8) is 0 Å². The van der Waals surface area contributed by atoms with Crippen LogP contribution in [0.5, 0.6) is 0 Å². The van der Waals surface area contributed by atoms with Gasteiger partial charge in [0.15, 0.2) is 0 Å². The van der Waals surface area contributed by atoms with Crippen molar-refractivity contribution >= 4 is 41.1 Å². The second kappa shape index (κ2) is 31.4. The molecule has 6 aromatic rings. The van der Waals surface area contributed by atoms with Gasteiger partial charge in [0.05, 0.1) is 49.1 Å². The first kappa shape index (κ1) is 71.4. The van der Waals surface area contributed by atoms with Crippen LogP contribution in [-0.2, 0) is 53.6 Å². The highest BCUT2D eigenvalue weighted by molar-refractivity contribution is 5.96. The van der Waals surface area contributed by atoms with Crippen LogP contribution in [0.15, 0.2) is 146 Å². The minimum Gasteiger partial charge on any atom is -0.465 e. The Bertz CT molecular complexity index is 3650. The van der Waals surface area contributed by atoms with Crippen molar-refractivity contribution in [3.05, 3.63) is 190 Å². The summed E-state index contributed by atoms with van der Waals surface area (Å²) < 4.78 is 116. The number of benzene rings is 6. The van der Waals surface area contributed by atoms with Gasteiger partial charge >= 0.3 is 18.4 Å². The Labute approximate surface area is 560 Å². The lowest BCUT2D eigenvalue weighted by Gasteiger charge is -2.44. The number of halogens is 7. The highest BCUT2D eigenvalue weighted by atomic mass is 19.4. The fourth-order valence-corrected chi connectivity index (χ4v) is 13.8. The number of likely N-dealkylation sites (N-methyl/N-ethyl adjacent to an activating group) is 2. The van der Waals surface area contributed by atoms with Crippen molar-refractivity contribution in [2.24, 2.45) is 0 Å². The van der Waals surface area contributed by atoms with Crippen LogP contribution in [0.4, 0.5) is 46.9 Å². The summed E-state index contributed by atoms with van der Waals surface area (Å²) in [7, 11) is 5.21. The molecule has 17 nitrogen and oxygen atoms in total. The lowest BCUT2D eigenvalue weighted by molar-refractivity contribution is -0.143. The van der Waals surface area contributed by atoms with E-state index in [2.05, 4.69) is 27.2 Å². The number of amides is 5. The number of hydrogen-bond acceptors (Lipinski definition) is 11. The molecule has 24 heteroatoms. The van der Waals surface area contributed by atoms with E-state index in [1.54, 1.807) is 48.0 Å². The fraction of sp³-hybridized carbons (Fsp3) is 0.438. The Hall–Kier alpha value is -8.42. The first-order valence-electron chi connectivity index (χ1n) is 32.9. The SMILES string of the molecule is CN(CCN1CCC(N(C(=O)O)c2ccccc2-c2ccccc2)CC1)C(=O)CCOCCNc1ccc(C(=O)N(C)CCCN(C)C(=O)CO[C@H]2Cc3ccccc3C23CCN(CC[C@]2(c4ccc(F)cc4)CN(C(=O)c4cc(C(F)(F)F)cc(C(F)(F)F)c4)CO2)CC3)cc1. The number of ether oxygens (including phenoxy) is 3. The van der Waals surface area contributed by atoms with Crippen LogP contribution in [0, 0.1) is 5.82 Å². The predicted molar refractivity (Wildman–Crippen MR) is 352 cm³/mol. The highest BCUT2D eigenvalue weighted by Gasteiger charge is 2.50. The number of rotatable bonds is 26. The Morgan fingerprint density at radius 2 is 1.31 bits per heavy atom. The van der Waals surface area contributed by atoms with Crippen molar-refractivity contribution < 1.29 is 74.0 Å². The van der Waals surface area contributed by atoms with Crippen molar-refractivity contribution in [2.45, 2.75) is 86.9 Å². The number of hydrogen-bond donors (Lipinski definition) is 2. The molecule has 4 aliphatic rings. The molecule has 0 aromatic heterocycles. The Morgan fingerprint density at radius 3 is 1.99 bits per heavy atom. The molecule has 518 valence electrons. The summed E-state index contributed by atoms with van der Waals surface area (Å²) >= 11 is 0. The second-order valence-electron chi connectivity index (χ2n) is 25.7. The summed E-state index contributed by atoms with van der Waals surface area (Å²) in [5.74, 6) is -2.01. The number of likely N-dealkylation sites (tertiary alicyclic amines) is 2. The first-order valence-corrected chi connectivity index (χ1v) is 32.9. The van der Waals surface area contributed by atoms with Crippen LogP contribution >= 0.6 is 0 Å². The molecule has 2 atom stereocenters. The largest absolute Gasteiger partial charge is 0.465 e. The van der Waals surface area contributed by atoms with Gasteiger partial charge in [-0.25, -0.2) is 9.18 Å². The smallest absolute Gasteiger partial charge is 0.416 e. The molecule has 0 saturated carbocycles. The molecule has 1 spiro atoms. The molecule has 5 amide bonds. The molecule has 2 N–H and O–H groups in total. The average Bonchev–Trinajstić information content (AvgIpc) is 1.61. The summed E-state index contributed by atoms with van der Waals surface area (Å²) in [5, 5.41) is 13.6. The molecule has 0 radical (unpaired) electrons. The van der Waals surface area contributed by atoms with E-state index in [1.807, 2.05) is 78.9 Å². The number of nitrogens with one attached hydrogen (secondary N) is 1. The summed E-state index contributed by atoms with van der Waals surface area (Å²) in [4.78, 5) is 78.5. The van der Waals surface area contributed by atoms with Gasteiger partial charge in [-0.1, -0.05) is 84.9 Å². The second-order valence-corrected chi connectivity index (χ2v) is 25.7. The van der Waals surface area contributed by atoms with Gasteiger partial charge in [-0.3, -0.25) is 24.1 Å². The first-order chi connectivity index (χ1) is 46.4. The summed E-state index contributed by atoms with van der Waals surface area (Å²) in [6.07, 6.45) is -7.28. The maximum Gasteiger partial charge on any atom is 0.416 e. The summed E-state index contributed by atoms with van der Waals surface area (Å²) in [5.41, 5.74) is 0.897. The molecule has 3 fully saturated rings. The standard InChI is InChI=1S/C73H83F7N8O9/c1-82(33-11-34-84(3)67(91)52-18-24-59(25-19-52)81-32-43-95-42-28-65(89)83(2)40-41-85-35-26-60(27-36-85)88(69(93)94)63-17-10-8-15-61(63)51-12-5-4-6-13-51)66(90)48-96-64-46-53-14-7-9-16-62(53)70(64)29-37-86(38-30-70)39-31-71(55-20-22-58(74)23-21-55)49-87(50-97-71)68(92)54-44-56(72(75,76)77)47-57(45-54)73(78,79)80/h4-10,12-25,44-45,47,60,64,81H,11,26-43,46,48-50H2,1-3H3,(H,93,94)/t64-,71+/m0/s1. The molecule has 6 aromatic carbocycles. The molecule has 0 bridgehead atoms. The molecule has 1 aliphatic carbocycles. The molecular formula is C73H83F7N8O9. The van der Waals surface area contributed by atoms with Crippen LogP contribution in [0.2, 0.25) is 0 Å². The number of carboxylic acid groups (broad SMARTS) is 1. The number of para-hydroxylation sites is 1. The van der Waals surface area contributed by atoms with Crippen LogP contribution in [0.3, 0.4) is 0 Å². The van der Waals surface area contributed by atoms with Crippen LogP contribution in [0.1, 0.15) is 93.5 Å². The molecule has 97 heavy (non-hydrogen) atoms. The number of nitrogens with zero attached hydrogens (tertiary/aromatic N) is 7. The van der Waals surface area contributed by atoms with Gasteiger partial charge in [-0.2, -0.15) is 26.3 Å². The molecule has 0 unspecified atom stereocenters. The number of alkyl halides is 6. The third kappa shape index (κ3) is 17.5. The quantitative estimate of drug-likeness (QED) is 0.0390. The van der Waals surface area contributed by atoms with Gasteiger partial charge in [0.2, 0.25) is 11.8 Å². The van der Waals surface area contributed by atoms with E-state index < -0.39 is 64.6 Å². The van der Waals surface area contributed by atoms with E-state index in [0.29, 0.717) is 126 Å². The van der Waals surface area contributed by atoms with E-state index in [4.69, 9.17) is 14.2 Å². The topological polar surface area (TPSA) is 168 Å². The zero-order valence-electron chi connectivity index (χ0n) is 54.8. The Kier molecular flexibility index (Phi) is 23.1. The highest BCUT2D eigenvalue weighted by Crippen LogP contribution is 2.49. The lowest BCUT2D eigenvalue weighted by atomic mass is 9.72. The lowest BCUT2D eigenvalue weighted by Crippen LogP contribution is -2.50. The number of piperidine rings is 2. The molecule has 3 heterocycles. The van der Waals surface area contributed by atoms with Crippen molar-refractivity contribution in [3.8, 4) is 11.1 Å². The molecule has 3 saturated heterocycles. The van der Waals surface area contributed by atoms with E-state index in [-0.39, 0.29) is 68.5 Å². The van der Waals surface area contributed by atoms with Gasteiger partial charge in [0.25, 0.3) is 11.8 Å². The number of fused-ring (bicyclic) bond motifs is 2. The molecule has 10 rings (SSSR count). The minimum atomic E-state index is -5.15. The monoisotopic (exact) mass is 1350 g/mol. The Morgan fingerprint density at radius 1 is 0.680 bits per heavy atom. The molecule has 3 aliphatic heterocycles. The maximum atomic E-state index is 14.2. The van der Waals surface area contributed by atoms with E-state index in [9.17, 15) is 59.8 Å². The summed E-state index contributed by atoms with van der Waals surface area (Å²) in [6.45, 7) is 5.37. The third-order valence-electron chi connectivity index (χ3n) is 19.5. The zero-order chi connectivity index (χ0) is 69.1. The number of anilines is 2. The minimum absolute atomic E-state index is 0.0242. The zero-order valence-corrected chi connectivity index (χ0v) is 54.8. The van der Waals surface area contributed by atoms with Gasteiger partial charge < -0.3 is 54.0 Å². The van der Waals surface area contributed by atoms with E-state index in [1.165, 1.54) is 29.2 Å². The van der Waals surface area contributed by atoms with Gasteiger partial charge in [0, 0.05) is 107 Å². The van der Waals surface area contributed by atoms with E-state index in [0.717, 1.165) is 45.9 Å².